The number of carboxylic acid groups (broad SMARTS) is 1. The molecule has 1 heterocycles. The van der Waals surface area contributed by atoms with E-state index >= 15 is 0 Å². The van der Waals surface area contributed by atoms with Crippen LogP contribution in [0.25, 0.3) is 0 Å². The summed E-state index contributed by atoms with van der Waals surface area (Å²) in [5, 5.41) is 17.2. The van der Waals surface area contributed by atoms with Gasteiger partial charge in [-0.3, -0.25) is 14.4 Å². The van der Waals surface area contributed by atoms with E-state index in [1.54, 1.807) is 6.92 Å². The number of carbonyl (C=O) groups excluding carboxylic acids is 3. The van der Waals surface area contributed by atoms with Gasteiger partial charge < -0.3 is 31.8 Å². The van der Waals surface area contributed by atoms with Gasteiger partial charge in [0.1, 0.15) is 18.1 Å². The average molecular weight is 439 g/mol. The third-order valence-corrected chi connectivity index (χ3v) is 4.93. The molecular weight excluding hydrogens is 404 g/mol. The molecule has 0 saturated heterocycles. The third kappa shape index (κ3) is 8.75. The van der Waals surface area contributed by atoms with Crippen molar-refractivity contribution in [3.8, 4) is 0 Å². The fraction of sp³-hybridized carbons (Fsp3) is 0.650. The van der Waals surface area contributed by atoms with Crippen molar-refractivity contribution in [3.63, 3.8) is 0 Å². The molecule has 1 aromatic rings. The lowest BCUT2D eigenvalue weighted by atomic mass is 9.97. The highest BCUT2D eigenvalue weighted by Crippen LogP contribution is 2.10. The van der Waals surface area contributed by atoms with Gasteiger partial charge in [0.05, 0.1) is 12.9 Å². The molecule has 4 unspecified atom stereocenters. The maximum atomic E-state index is 12.9. The van der Waals surface area contributed by atoms with Crippen molar-refractivity contribution in [2.45, 2.75) is 65.1 Å². The first-order chi connectivity index (χ1) is 14.6. The number of amides is 3. The fourth-order valence-corrected chi connectivity index (χ4v) is 2.99. The van der Waals surface area contributed by atoms with Gasteiger partial charge >= 0.3 is 5.97 Å². The number of aliphatic carboxylic acids is 1. The summed E-state index contributed by atoms with van der Waals surface area (Å²) in [5.41, 5.74) is 5.94. The Kier molecular flexibility index (Phi) is 10.7. The van der Waals surface area contributed by atoms with E-state index < -0.39 is 41.8 Å². The summed E-state index contributed by atoms with van der Waals surface area (Å²) >= 11 is 0. The quantitative estimate of drug-likeness (QED) is 0.241. The predicted molar refractivity (Wildman–Crippen MR) is 114 cm³/mol. The summed E-state index contributed by atoms with van der Waals surface area (Å²) in [6, 6.07) is -3.04. The lowest BCUT2D eigenvalue weighted by Gasteiger charge is -2.27. The first-order valence-electron chi connectivity index (χ1n) is 10.4. The highest BCUT2D eigenvalue weighted by Gasteiger charge is 2.32. The van der Waals surface area contributed by atoms with Crippen molar-refractivity contribution in [2.75, 3.05) is 6.54 Å². The van der Waals surface area contributed by atoms with Gasteiger partial charge in [0.25, 0.3) is 0 Å². The SMILES string of the molecule is CCC(C)C(NC(=O)CN)C(=O)NC(Cc1cnc[nH]1)C(=O)NC(CC(C)C)C(=O)O. The van der Waals surface area contributed by atoms with E-state index in [0.717, 1.165) is 0 Å². The molecule has 1 aromatic heterocycles. The van der Waals surface area contributed by atoms with Crippen LogP contribution in [0.3, 0.4) is 0 Å². The highest BCUT2D eigenvalue weighted by atomic mass is 16.4. The van der Waals surface area contributed by atoms with Crippen molar-refractivity contribution in [3.05, 3.63) is 18.2 Å². The Bertz CT molecular complexity index is 736. The Labute approximate surface area is 181 Å². The van der Waals surface area contributed by atoms with Gasteiger partial charge in [-0.05, 0) is 18.3 Å². The minimum Gasteiger partial charge on any atom is -0.480 e. The first-order valence-corrected chi connectivity index (χ1v) is 10.4. The van der Waals surface area contributed by atoms with Crippen LogP contribution in [0.15, 0.2) is 12.5 Å². The van der Waals surface area contributed by atoms with E-state index in [1.807, 2.05) is 20.8 Å². The van der Waals surface area contributed by atoms with Gasteiger partial charge in [-0.2, -0.15) is 0 Å². The van der Waals surface area contributed by atoms with E-state index in [2.05, 4.69) is 25.9 Å². The molecule has 4 atom stereocenters. The summed E-state index contributed by atoms with van der Waals surface area (Å²) < 4.78 is 0. The minimum atomic E-state index is -1.15. The maximum Gasteiger partial charge on any atom is 0.326 e. The van der Waals surface area contributed by atoms with Crippen LogP contribution in [0.2, 0.25) is 0 Å². The molecule has 11 heteroatoms. The maximum absolute atomic E-state index is 12.9. The first kappa shape index (κ1) is 26.1. The van der Waals surface area contributed by atoms with Gasteiger partial charge in [-0.15, -0.1) is 0 Å². The molecule has 0 aliphatic carbocycles. The molecule has 11 nitrogen and oxygen atoms in total. The Morgan fingerprint density at radius 1 is 1.10 bits per heavy atom. The van der Waals surface area contributed by atoms with Gasteiger partial charge in [0.2, 0.25) is 17.7 Å². The van der Waals surface area contributed by atoms with Crippen molar-refractivity contribution in [1.82, 2.24) is 25.9 Å². The van der Waals surface area contributed by atoms with E-state index in [9.17, 15) is 24.3 Å². The zero-order valence-corrected chi connectivity index (χ0v) is 18.5. The van der Waals surface area contributed by atoms with E-state index in [4.69, 9.17) is 5.73 Å². The average Bonchev–Trinajstić information content (AvgIpc) is 3.22. The molecule has 174 valence electrons. The van der Waals surface area contributed by atoms with E-state index in [0.29, 0.717) is 12.1 Å². The van der Waals surface area contributed by atoms with Crippen LogP contribution >= 0.6 is 0 Å². The number of hydrogen-bond donors (Lipinski definition) is 6. The zero-order chi connectivity index (χ0) is 23.6. The number of aromatic amines is 1. The number of carboxylic acids is 1. The molecule has 3 amide bonds. The lowest BCUT2D eigenvalue weighted by Crippen LogP contribution is -2.58. The monoisotopic (exact) mass is 438 g/mol. The van der Waals surface area contributed by atoms with Crippen LogP contribution in [0.1, 0.15) is 46.2 Å². The largest absolute Gasteiger partial charge is 0.480 e. The standard InChI is InChI=1S/C20H34N6O5/c1-5-12(4)17(26-16(27)8-21)19(29)24-14(7-13-9-22-10-23-13)18(28)25-15(20(30)31)6-11(2)3/h9-12,14-15,17H,5-8,21H2,1-4H3,(H,22,23)(H,24,29)(H,25,28)(H,26,27)(H,30,31). The topological polar surface area (TPSA) is 179 Å². The molecule has 0 bridgehead atoms. The molecule has 1 rings (SSSR count). The van der Waals surface area contributed by atoms with Crippen LogP contribution in [0.4, 0.5) is 0 Å². The summed E-state index contributed by atoms with van der Waals surface area (Å²) in [7, 11) is 0. The molecule has 31 heavy (non-hydrogen) atoms. The second kappa shape index (κ2) is 12.7. The molecule has 7 N–H and O–H groups in total. The normalized spacial score (nSPS) is 14.9. The summed E-state index contributed by atoms with van der Waals surface area (Å²) in [6.07, 6.45) is 3.87. The van der Waals surface area contributed by atoms with E-state index in [-0.39, 0.29) is 31.2 Å². The van der Waals surface area contributed by atoms with Crippen molar-refractivity contribution in [2.24, 2.45) is 17.6 Å². The summed E-state index contributed by atoms with van der Waals surface area (Å²) in [5.74, 6) is -2.99. The molecule has 0 fully saturated rings. The van der Waals surface area contributed by atoms with Crippen LogP contribution in [0, 0.1) is 11.8 Å². The van der Waals surface area contributed by atoms with Gasteiger partial charge in [0, 0.05) is 18.3 Å². The Hall–Kier alpha value is -2.95. The third-order valence-electron chi connectivity index (χ3n) is 4.93. The van der Waals surface area contributed by atoms with Gasteiger partial charge in [-0.25, -0.2) is 9.78 Å². The molecule has 0 saturated carbocycles. The van der Waals surface area contributed by atoms with Crippen molar-refractivity contribution < 1.29 is 24.3 Å². The number of hydrogen-bond acceptors (Lipinski definition) is 6. The number of H-pyrrole nitrogens is 1. The minimum absolute atomic E-state index is 0.0447. The summed E-state index contributed by atoms with van der Waals surface area (Å²) in [6.45, 7) is 7.10. The van der Waals surface area contributed by atoms with Gasteiger partial charge in [-0.1, -0.05) is 34.1 Å². The Morgan fingerprint density at radius 3 is 2.23 bits per heavy atom. The van der Waals surface area contributed by atoms with Gasteiger partial charge in [0.15, 0.2) is 0 Å². The molecule has 0 spiro atoms. The molecule has 0 aliphatic rings. The predicted octanol–water partition coefficient (Wildman–Crippen LogP) is -0.458. The lowest BCUT2D eigenvalue weighted by molar-refractivity contribution is -0.142. The van der Waals surface area contributed by atoms with Crippen LogP contribution < -0.4 is 21.7 Å². The summed E-state index contributed by atoms with van der Waals surface area (Å²) in [4.78, 5) is 55.9. The highest BCUT2D eigenvalue weighted by molar-refractivity contribution is 5.93. The van der Waals surface area contributed by atoms with Crippen LogP contribution in [-0.2, 0) is 25.6 Å². The van der Waals surface area contributed by atoms with Crippen molar-refractivity contribution in [1.29, 1.82) is 0 Å². The molecule has 0 aromatic carbocycles. The molecular formula is C20H34N6O5. The number of nitrogens with zero attached hydrogens (tertiary/aromatic N) is 1. The Morgan fingerprint density at radius 2 is 1.74 bits per heavy atom. The number of imidazole rings is 1. The zero-order valence-electron chi connectivity index (χ0n) is 18.5. The Balaban J connectivity index is 3.05. The molecule has 0 radical (unpaired) electrons. The number of nitrogens with one attached hydrogen (secondary N) is 4. The number of nitrogens with two attached hydrogens (primary N) is 1. The number of rotatable bonds is 13. The van der Waals surface area contributed by atoms with Crippen LogP contribution in [-0.4, -0.2) is 63.4 Å². The number of carbonyl (C=O) groups is 4. The second-order valence-corrected chi connectivity index (χ2v) is 8.01. The smallest absolute Gasteiger partial charge is 0.326 e. The fourth-order valence-electron chi connectivity index (χ4n) is 2.99. The molecule has 0 aliphatic heterocycles. The second-order valence-electron chi connectivity index (χ2n) is 8.01. The van der Waals surface area contributed by atoms with Crippen molar-refractivity contribution >= 4 is 23.7 Å². The van der Waals surface area contributed by atoms with Crippen LogP contribution in [0.5, 0.6) is 0 Å². The van der Waals surface area contributed by atoms with E-state index in [1.165, 1.54) is 12.5 Å². The number of aromatic nitrogens is 2.